The van der Waals surface area contributed by atoms with E-state index in [4.69, 9.17) is 11.6 Å². The lowest BCUT2D eigenvalue weighted by molar-refractivity contribution is 0.0944. The molecule has 0 fully saturated rings. The molecule has 5 heteroatoms. The number of carbonyl (C=O) groups excluding carboxylic acids is 1. The number of nitrogens with one attached hydrogen (secondary N) is 1. The van der Waals surface area contributed by atoms with Crippen molar-refractivity contribution in [1.82, 2.24) is 14.9 Å². The van der Waals surface area contributed by atoms with Gasteiger partial charge in [-0.1, -0.05) is 31.5 Å². The van der Waals surface area contributed by atoms with Crippen molar-refractivity contribution >= 4 is 23.0 Å². The SMILES string of the molecule is CC(C)CNC(=O)c1nn2ccccc2c1Cl. The lowest BCUT2D eigenvalue weighted by atomic mass is 10.2. The van der Waals surface area contributed by atoms with Crippen LogP contribution in [0.15, 0.2) is 24.4 Å². The highest BCUT2D eigenvalue weighted by Crippen LogP contribution is 2.21. The van der Waals surface area contributed by atoms with Crippen LogP contribution >= 0.6 is 11.6 Å². The number of hydrogen-bond acceptors (Lipinski definition) is 2. The second kappa shape index (κ2) is 4.75. The molecule has 0 radical (unpaired) electrons. The van der Waals surface area contributed by atoms with Crippen molar-refractivity contribution in [2.45, 2.75) is 13.8 Å². The van der Waals surface area contributed by atoms with Crippen LogP contribution in [0.4, 0.5) is 0 Å². The van der Waals surface area contributed by atoms with Gasteiger partial charge in [-0.3, -0.25) is 4.79 Å². The predicted molar refractivity (Wildman–Crippen MR) is 67.4 cm³/mol. The van der Waals surface area contributed by atoms with Crippen molar-refractivity contribution in [2.24, 2.45) is 5.92 Å². The molecule has 0 bridgehead atoms. The summed E-state index contributed by atoms with van der Waals surface area (Å²) in [4.78, 5) is 11.9. The fourth-order valence-corrected chi connectivity index (χ4v) is 1.77. The van der Waals surface area contributed by atoms with E-state index in [1.54, 1.807) is 10.7 Å². The van der Waals surface area contributed by atoms with Crippen molar-refractivity contribution in [3.05, 3.63) is 35.1 Å². The number of nitrogens with zero attached hydrogens (tertiary/aromatic N) is 2. The third kappa shape index (κ3) is 2.42. The van der Waals surface area contributed by atoms with Gasteiger partial charge in [0.25, 0.3) is 5.91 Å². The minimum Gasteiger partial charge on any atom is -0.350 e. The Morgan fingerprint density at radius 3 is 2.94 bits per heavy atom. The maximum absolute atomic E-state index is 11.9. The molecular weight excluding hydrogens is 238 g/mol. The van der Waals surface area contributed by atoms with Crippen LogP contribution in [0.5, 0.6) is 0 Å². The van der Waals surface area contributed by atoms with Crippen molar-refractivity contribution in [3.8, 4) is 0 Å². The number of halogens is 1. The average molecular weight is 252 g/mol. The highest BCUT2D eigenvalue weighted by molar-refractivity contribution is 6.36. The summed E-state index contributed by atoms with van der Waals surface area (Å²) in [7, 11) is 0. The van der Waals surface area contributed by atoms with Gasteiger partial charge in [0.2, 0.25) is 0 Å². The minimum atomic E-state index is -0.229. The first kappa shape index (κ1) is 11.9. The van der Waals surface area contributed by atoms with Gasteiger partial charge in [0.05, 0.1) is 10.5 Å². The lowest BCUT2D eigenvalue weighted by Crippen LogP contribution is -2.27. The monoisotopic (exact) mass is 251 g/mol. The summed E-state index contributed by atoms with van der Waals surface area (Å²) in [5, 5.41) is 7.36. The zero-order valence-electron chi connectivity index (χ0n) is 9.77. The van der Waals surface area contributed by atoms with E-state index in [9.17, 15) is 4.79 Å². The molecule has 2 heterocycles. The molecule has 0 atom stereocenters. The summed E-state index contributed by atoms with van der Waals surface area (Å²) in [5.41, 5.74) is 1.02. The molecule has 0 saturated carbocycles. The summed E-state index contributed by atoms with van der Waals surface area (Å²) in [6.07, 6.45) is 1.76. The highest BCUT2D eigenvalue weighted by Gasteiger charge is 2.17. The standard InChI is InChI=1S/C12H14ClN3O/c1-8(2)7-14-12(17)11-10(13)9-5-3-4-6-16(9)15-11/h3-6,8H,7H2,1-2H3,(H,14,17). The largest absolute Gasteiger partial charge is 0.350 e. The van der Waals surface area contributed by atoms with E-state index < -0.39 is 0 Å². The van der Waals surface area contributed by atoms with Crippen LogP contribution in [0.25, 0.3) is 5.52 Å². The van der Waals surface area contributed by atoms with E-state index in [2.05, 4.69) is 10.4 Å². The maximum Gasteiger partial charge on any atom is 0.273 e. The second-order valence-corrected chi connectivity index (χ2v) is 4.67. The quantitative estimate of drug-likeness (QED) is 0.910. The van der Waals surface area contributed by atoms with E-state index in [0.717, 1.165) is 5.52 Å². The van der Waals surface area contributed by atoms with Crippen molar-refractivity contribution in [3.63, 3.8) is 0 Å². The first-order valence-electron chi connectivity index (χ1n) is 5.50. The van der Waals surface area contributed by atoms with Gasteiger partial charge in [-0.05, 0) is 18.1 Å². The van der Waals surface area contributed by atoms with E-state index in [1.165, 1.54) is 0 Å². The molecule has 0 saturated heterocycles. The zero-order chi connectivity index (χ0) is 12.4. The van der Waals surface area contributed by atoms with E-state index in [0.29, 0.717) is 17.5 Å². The number of aromatic nitrogens is 2. The van der Waals surface area contributed by atoms with Gasteiger partial charge < -0.3 is 5.32 Å². The molecule has 2 aromatic heterocycles. The van der Waals surface area contributed by atoms with Gasteiger partial charge in [0.1, 0.15) is 0 Å². The molecule has 0 aromatic carbocycles. The van der Waals surface area contributed by atoms with Crippen molar-refractivity contribution in [1.29, 1.82) is 0 Å². The Balaban J connectivity index is 2.29. The van der Waals surface area contributed by atoms with Gasteiger partial charge in [-0.15, -0.1) is 0 Å². The first-order valence-corrected chi connectivity index (χ1v) is 5.88. The van der Waals surface area contributed by atoms with Gasteiger partial charge in [-0.2, -0.15) is 5.10 Å². The Bertz CT molecular complexity index is 548. The summed E-state index contributed by atoms with van der Waals surface area (Å²) >= 11 is 6.12. The zero-order valence-corrected chi connectivity index (χ0v) is 10.5. The highest BCUT2D eigenvalue weighted by atomic mass is 35.5. The van der Waals surface area contributed by atoms with Gasteiger partial charge >= 0.3 is 0 Å². The third-order valence-corrected chi connectivity index (χ3v) is 2.74. The predicted octanol–water partition coefficient (Wildman–Crippen LogP) is 2.37. The number of hydrogen-bond donors (Lipinski definition) is 1. The normalized spacial score (nSPS) is 11.1. The van der Waals surface area contributed by atoms with Crippen LogP contribution < -0.4 is 5.32 Å². The average Bonchev–Trinajstić information content (AvgIpc) is 2.64. The molecule has 1 amide bonds. The Kier molecular flexibility index (Phi) is 3.33. The molecule has 0 unspecified atom stereocenters. The van der Waals surface area contributed by atoms with Crippen molar-refractivity contribution in [2.75, 3.05) is 6.54 Å². The maximum atomic E-state index is 11.9. The Morgan fingerprint density at radius 1 is 1.53 bits per heavy atom. The smallest absolute Gasteiger partial charge is 0.273 e. The van der Waals surface area contributed by atoms with Crippen LogP contribution in [0, 0.1) is 5.92 Å². The molecule has 90 valence electrons. The Hall–Kier alpha value is -1.55. The van der Waals surface area contributed by atoms with E-state index in [1.807, 2.05) is 32.0 Å². The molecule has 0 aliphatic heterocycles. The van der Waals surface area contributed by atoms with Crippen LogP contribution in [-0.2, 0) is 0 Å². The molecule has 0 spiro atoms. The molecule has 2 rings (SSSR count). The number of amides is 1. The molecule has 0 aliphatic rings. The number of pyridine rings is 1. The second-order valence-electron chi connectivity index (χ2n) is 4.30. The van der Waals surface area contributed by atoms with Crippen molar-refractivity contribution < 1.29 is 4.79 Å². The summed E-state index contributed by atoms with van der Waals surface area (Å²) < 4.78 is 1.60. The van der Waals surface area contributed by atoms with Gasteiger partial charge in [-0.25, -0.2) is 4.52 Å². The summed E-state index contributed by atoms with van der Waals surface area (Å²) in [5.74, 6) is 0.169. The van der Waals surface area contributed by atoms with Crippen LogP contribution in [-0.4, -0.2) is 22.1 Å². The van der Waals surface area contributed by atoms with Crippen LogP contribution in [0.3, 0.4) is 0 Å². The molecule has 0 aliphatic carbocycles. The fraction of sp³-hybridized carbons (Fsp3) is 0.333. The molecule has 1 N–H and O–H groups in total. The van der Waals surface area contributed by atoms with Gasteiger partial charge in [0, 0.05) is 12.7 Å². The topological polar surface area (TPSA) is 46.4 Å². The van der Waals surface area contributed by atoms with Crippen LogP contribution in [0.1, 0.15) is 24.3 Å². The minimum absolute atomic E-state index is 0.229. The number of carbonyl (C=O) groups is 1. The third-order valence-electron chi connectivity index (χ3n) is 2.37. The molecule has 4 nitrogen and oxygen atoms in total. The Morgan fingerprint density at radius 2 is 2.29 bits per heavy atom. The lowest BCUT2D eigenvalue weighted by Gasteiger charge is -2.05. The fourth-order valence-electron chi connectivity index (χ4n) is 1.49. The first-order chi connectivity index (χ1) is 8.09. The molecule has 17 heavy (non-hydrogen) atoms. The number of fused-ring (bicyclic) bond motifs is 1. The van der Waals surface area contributed by atoms with E-state index >= 15 is 0 Å². The van der Waals surface area contributed by atoms with E-state index in [-0.39, 0.29) is 11.6 Å². The summed E-state index contributed by atoms with van der Waals surface area (Å²) in [6.45, 7) is 4.68. The summed E-state index contributed by atoms with van der Waals surface area (Å²) in [6, 6.07) is 5.53. The molecule has 2 aromatic rings. The molecular formula is C12H14ClN3O. The Labute approximate surface area is 105 Å². The van der Waals surface area contributed by atoms with Gasteiger partial charge in [0.15, 0.2) is 5.69 Å². The van der Waals surface area contributed by atoms with Crippen LogP contribution in [0.2, 0.25) is 5.02 Å². The number of rotatable bonds is 3.